The third-order valence-corrected chi connectivity index (χ3v) is 1.74. The van der Waals surface area contributed by atoms with E-state index in [0.717, 1.165) is 6.42 Å². The van der Waals surface area contributed by atoms with Crippen LogP contribution >= 0.6 is 0 Å². The van der Waals surface area contributed by atoms with E-state index >= 15 is 0 Å². The van der Waals surface area contributed by atoms with Gasteiger partial charge in [-0.15, -0.1) is 0 Å². The van der Waals surface area contributed by atoms with Crippen molar-refractivity contribution in [1.29, 1.82) is 0 Å². The summed E-state index contributed by atoms with van der Waals surface area (Å²) in [5.74, 6) is 0.447. The Hall–Kier alpha value is -0.370. The first-order valence-electron chi connectivity index (χ1n) is 3.86. The minimum Gasteiger partial charge on any atom is -0.396 e. The predicted octanol–water partition coefficient (Wildman–Crippen LogP) is 1.37. The molecule has 0 amide bonds. The van der Waals surface area contributed by atoms with Crippen molar-refractivity contribution in [3.05, 3.63) is 0 Å². The van der Waals surface area contributed by atoms with Crippen LogP contribution in [-0.4, -0.2) is 17.5 Å². The van der Waals surface area contributed by atoms with E-state index in [-0.39, 0.29) is 18.3 Å². The number of carbonyl (C=O) groups excluding carboxylic acids is 1. The Morgan fingerprint density at radius 3 is 2.60 bits per heavy atom. The van der Waals surface area contributed by atoms with E-state index in [1.165, 1.54) is 0 Å². The topological polar surface area (TPSA) is 37.3 Å². The Morgan fingerprint density at radius 2 is 2.20 bits per heavy atom. The molecule has 0 heterocycles. The van der Waals surface area contributed by atoms with Crippen LogP contribution in [-0.2, 0) is 4.79 Å². The second-order valence-electron chi connectivity index (χ2n) is 2.60. The number of aliphatic hydroxyl groups excluding tert-OH is 1. The first kappa shape index (κ1) is 9.63. The molecule has 0 fully saturated rings. The molecule has 0 radical (unpaired) electrons. The lowest BCUT2D eigenvalue weighted by Crippen LogP contribution is -2.09. The molecule has 0 aliphatic rings. The Kier molecular flexibility index (Phi) is 5.22. The van der Waals surface area contributed by atoms with Crippen LogP contribution in [0.1, 0.15) is 33.1 Å². The molecule has 0 aromatic carbocycles. The van der Waals surface area contributed by atoms with Gasteiger partial charge in [-0.3, -0.25) is 4.79 Å². The van der Waals surface area contributed by atoms with E-state index in [2.05, 4.69) is 0 Å². The summed E-state index contributed by atoms with van der Waals surface area (Å²) in [5.41, 5.74) is 0. The lowest BCUT2D eigenvalue weighted by atomic mass is 10.0. The van der Waals surface area contributed by atoms with Crippen molar-refractivity contribution in [2.45, 2.75) is 33.1 Å². The van der Waals surface area contributed by atoms with E-state index in [1.54, 1.807) is 0 Å². The molecule has 1 atom stereocenters. The van der Waals surface area contributed by atoms with Gasteiger partial charge in [-0.1, -0.05) is 13.8 Å². The van der Waals surface area contributed by atoms with Crippen molar-refractivity contribution in [1.82, 2.24) is 0 Å². The van der Waals surface area contributed by atoms with Gasteiger partial charge < -0.3 is 5.11 Å². The lowest BCUT2D eigenvalue weighted by Gasteiger charge is -2.04. The second kappa shape index (κ2) is 5.42. The standard InChI is InChI=1S/C8H16O2/c1-3-7(2)8(10)5-4-6-9/h7,9H,3-6H2,1-2H3. The van der Waals surface area contributed by atoms with Crippen LogP contribution in [0.5, 0.6) is 0 Å². The van der Waals surface area contributed by atoms with E-state index in [4.69, 9.17) is 5.11 Å². The van der Waals surface area contributed by atoms with Crippen LogP contribution in [0.15, 0.2) is 0 Å². The maximum Gasteiger partial charge on any atom is 0.135 e. The third-order valence-electron chi connectivity index (χ3n) is 1.74. The highest BCUT2D eigenvalue weighted by Crippen LogP contribution is 2.06. The first-order valence-corrected chi connectivity index (χ1v) is 3.86. The first-order chi connectivity index (χ1) is 4.72. The number of hydrogen-bond donors (Lipinski definition) is 1. The zero-order valence-electron chi connectivity index (χ0n) is 6.76. The summed E-state index contributed by atoms with van der Waals surface area (Å²) in [6.45, 7) is 4.06. The summed E-state index contributed by atoms with van der Waals surface area (Å²) in [7, 11) is 0. The summed E-state index contributed by atoms with van der Waals surface area (Å²) in [6, 6.07) is 0. The largest absolute Gasteiger partial charge is 0.396 e. The number of carbonyl (C=O) groups is 1. The quantitative estimate of drug-likeness (QED) is 0.632. The van der Waals surface area contributed by atoms with Crippen molar-refractivity contribution in [2.75, 3.05) is 6.61 Å². The SMILES string of the molecule is CCC(C)C(=O)CCCO. The smallest absolute Gasteiger partial charge is 0.135 e. The van der Waals surface area contributed by atoms with Gasteiger partial charge in [0.05, 0.1) is 0 Å². The average Bonchev–Trinajstić information content (AvgIpc) is 1.98. The maximum absolute atomic E-state index is 11.0. The van der Waals surface area contributed by atoms with Gasteiger partial charge in [-0.25, -0.2) is 0 Å². The summed E-state index contributed by atoms with van der Waals surface area (Å²) < 4.78 is 0. The molecule has 0 rings (SSSR count). The summed E-state index contributed by atoms with van der Waals surface area (Å²) in [4.78, 5) is 11.0. The molecule has 10 heavy (non-hydrogen) atoms. The van der Waals surface area contributed by atoms with Crippen molar-refractivity contribution in [2.24, 2.45) is 5.92 Å². The number of ketones is 1. The molecule has 2 heteroatoms. The van der Waals surface area contributed by atoms with Gasteiger partial charge in [0.1, 0.15) is 5.78 Å². The third kappa shape index (κ3) is 3.62. The Labute approximate surface area is 62.2 Å². The van der Waals surface area contributed by atoms with Crippen LogP contribution in [0.25, 0.3) is 0 Å². The molecule has 0 aliphatic carbocycles. The molecule has 0 aromatic rings. The molecular formula is C8H16O2. The van der Waals surface area contributed by atoms with Crippen molar-refractivity contribution in [3.8, 4) is 0 Å². The van der Waals surface area contributed by atoms with Gasteiger partial charge in [-0.05, 0) is 12.8 Å². The van der Waals surface area contributed by atoms with Gasteiger partial charge in [0.25, 0.3) is 0 Å². The van der Waals surface area contributed by atoms with Gasteiger partial charge in [0.15, 0.2) is 0 Å². The van der Waals surface area contributed by atoms with Gasteiger partial charge in [-0.2, -0.15) is 0 Å². The molecule has 1 N–H and O–H groups in total. The maximum atomic E-state index is 11.0. The number of rotatable bonds is 5. The second-order valence-corrected chi connectivity index (χ2v) is 2.60. The van der Waals surface area contributed by atoms with E-state index in [9.17, 15) is 4.79 Å². The fourth-order valence-corrected chi connectivity index (χ4v) is 0.727. The Bertz CT molecular complexity index is 99.4. The van der Waals surface area contributed by atoms with E-state index in [1.807, 2.05) is 13.8 Å². The molecule has 0 aliphatic heterocycles. The van der Waals surface area contributed by atoms with Crippen molar-refractivity contribution < 1.29 is 9.90 Å². The van der Waals surface area contributed by atoms with Crippen LogP contribution < -0.4 is 0 Å². The van der Waals surface area contributed by atoms with Crippen molar-refractivity contribution >= 4 is 5.78 Å². The molecule has 1 unspecified atom stereocenters. The van der Waals surface area contributed by atoms with Gasteiger partial charge >= 0.3 is 0 Å². The molecule has 0 aromatic heterocycles. The molecule has 0 bridgehead atoms. The predicted molar refractivity (Wildman–Crippen MR) is 40.8 cm³/mol. The highest BCUT2D eigenvalue weighted by molar-refractivity contribution is 5.80. The zero-order valence-corrected chi connectivity index (χ0v) is 6.76. The number of aliphatic hydroxyl groups is 1. The highest BCUT2D eigenvalue weighted by atomic mass is 16.3. The molecule has 2 nitrogen and oxygen atoms in total. The minimum atomic E-state index is 0.127. The van der Waals surface area contributed by atoms with Crippen LogP contribution in [0, 0.1) is 5.92 Å². The average molecular weight is 144 g/mol. The van der Waals surface area contributed by atoms with Crippen LogP contribution in [0.2, 0.25) is 0 Å². The van der Waals surface area contributed by atoms with Crippen molar-refractivity contribution in [3.63, 3.8) is 0 Å². The zero-order chi connectivity index (χ0) is 7.98. The van der Waals surface area contributed by atoms with Gasteiger partial charge in [0, 0.05) is 18.9 Å². The van der Waals surface area contributed by atoms with Crippen LogP contribution in [0.4, 0.5) is 0 Å². The molecule has 0 saturated carbocycles. The van der Waals surface area contributed by atoms with E-state index < -0.39 is 0 Å². The Balaban J connectivity index is 3.42. The normalized spacial score (nSPS) is 13.1. The Morgan fingerprint density at radius 1 is 1.60 bits per heavy atom. The molecule has 0 saturated heterocycles. The fraction of sp³-hybridized carbons (Fsp3) is 0.875. The monoisotopic (exact) mass is 144 g/mol. The van der Waals surface area contributed by atoms with Crippen LogP contribution in [0.3, 0.4) is 0 Å². The molecule has 60 valence electrons. The molecular weight excluding hydrogens is 128 g/mol. The summed E-state index contributed by atoms with van der Waals surface area (Å²) >= 11 is 0. The molecule has 0 spiro atoms. The number of Topliss-reactive ketones (excluding diaryl/α,β-unsaturated/α-hetero) is 1. The highest BCUT2D eigenvalue weighted by Gasteiger charge is 2.08. The van der Waals surface area contributed by atoms with Gasteiger partial charge in [0.2, 0.25) is 0 Å². The summed E-state index contributed by atoms with van der Waals surface area (Å²) in [6.07, 6.45) is 2.05. The summed E-state index contributed by atoms with van der Waals surface area (Å²) in [5, 5.41) is 8.42. The number of hydrogen-bond acceptors (Lipinski definition) is 2. The lowest BCUT2D eigenvalue weighted by molar-refractivity contribution is -0.122. The fourth-order valence-electron chi connectivity index (χ4n) is 0.727. The van der Waals surface area contributed by atoms with E-state index in [0.29, 0.717) is 12.8 Å². The minimum absolute atomic E-state index is 0.127.